The highest BCUT2D eigenvalue weighted by Crippen LogP contribution is 2.41. The van der Waals surface area contributed by atoms with E-state index in [-0.39, 0.29) is 22.3 Å². The van der Waals surface area contributed by atoms with Crippen LogP contribution in [-0.2, 0) is 17.3 Å². The Morgan fingerprint density at radius 1 is 0.585 bits per heavy atom. The van der Waals surface area contributed by atoms with Crippen molar-refractivity contribution in [2.75, 3.05) is 0 Å². The zero-order valence-electron chi connectivity index (χ0n) is 24.2. The van der Waals surface area contributed by atoms with Crippen LogP contribution < -0.4 is 0 Å². The molecule has 0 fully saturated rings. The van der Waals surface area contributed by atoms with Crippen molar-refractivity contribution in [1.29, 1.82) is 0 Å². The SMILES string of the molecule is CC(C)(C)c1cc(-c2cccc(O)c2Cc2c(O)cccc2-c2cc(C(C)(C)C)c3n[nH]nc3c2)cc2n[nH]nc12. The van der Waals surface area contributed by atoms with Crippen LogP contribution in [0.25, 0.3) is 44.3 Å². The Hall–Kier alpha value is -4.72. The molecular weight excluding hydrogens is 512 g/mol. The molecule has 0 amide bonds. The van der Waals surface area contributed by atoms with Crippen molar-refractivity contribution in [3.05, 3.63) is 82.9 Å². The van der Waals surface area contributed by atoms with Crippen LogP contribution in [0.2, 0.25) is 0 Å². The van der Waals surface area contributed by atoms with Gasteiger partial charge in [0.2, 0.25) is 0 Å². The van der Waals surface area contributed by atoms with Crippen molar-refractivity contribution in [3.8, 4) is 33.8 Å². The largest absolute Gasteiger partial charge is 0.508 e. The van der Waals surface area contributed by atoms with E-state index in [0.717, 1.165) is 66.6 Å². The number of rotatable bonds is 4. The number of H-pyrrole nitrogens is 2. The molecule has 8 nitrogen and oxygen atoms in total. The van der Waals surface area contributed by atoms with E-state index in [1.54, 1.807) is 12.1 Å². The maximum atomic E-state index is 11.2. The molecule has 4 aromatic carbocycles. The van der Waals surface area contributed by atoms with Gasteiger partial charge in [0, 0.05) is 17.5 Å². The van der Waals surface area contributed by atoms with E-state index in [2.05, 4.69) is 84.5 Å². The lowest BCUT2D eigenvalue weighted by molar-refractivity contribution is 0.463. The van der Waals surface area contributed by atoms with Crippen LogP contribution in [0, 0.1) is 0 Å². The van der Waals surface area contributed by atoms with E-state index in [1.807, 2.05) is 36.4 Å². The highest BCUT2D eigenvalue weighted by molar-refractivity contribution is 5.88. The summed E-state index contributed by atoms with van der Waals surface area (Å²) in [5.41, 5.74) is 10.0. The van der Waals surface area contributed by atoms with Crippen LogP contribution in [0.3, 0.4) is 0 Å². The number of benzene rings is 4. The first-order valence-electron chi connectivity index (χ1n) is 13.7. The standard InChI is InChI=1S/C33H34N6O2/c1-32(2,3)24-13-18(15-26-30(24)36-38-34-26)20-9-7-11-28(40)22(20)17-23-21(10-8-12-29(23)41)19-14-25(33(4,5)6)31-27(16-19)35-39-37-31/h7-16,40-41H,17H2,1-6H3,(H,34,36,38)(H,35,37,39). The minimum atomic E-state index is -0.169. The van der Waals surface area contributed by atoms with E-state index in [0.29, 0.717) is 6.42 Å². The van der Waals surface area contributed by atoms with Crippen molar-refractivity contribution in [3.63, 3.8) is 0 Å². The van der Waals surface area contributed by atoms with Gasteiger partial charge in [-0.3, -0.25) is 0 Å². The fourth-order valence-corrected chi connectivity index (χ4v) is 5.59. The van der Waals surface area contributed by atoms with Crippen LogP contribution >= 0.6 is 0 Å². The number of aromatic amines is 2. The molecule has 0 radical (unpaired) electrons. The quantitative estimate of drug-likeness (QED) is 0.186. The zero-order valence-corrected chi connectivity index (χ0v) is 24.2. The number of fused-ring (bicyclic) bond motifs is 2. The molecule has 0 unspecified atom stereocenters. The number of hydrogen-bond acceptors (Lipinski definition) is 6. The van der Waals surface area contributed by atoms with Gasteiger partial charge in [0.15, 0.2) is 0 Å². The molecular formula is C33H34N6O2. The van der Waals surface area contributed by atoms with Gasteiger partial charge in [0.25, 0.3) is 0 Å². The second-order valence-electron chi connectivity index (χ2n) is 12.7. The van der Waals surface area contributed by atoms with Gasteiger partial charge in [0.05, 0.1) is 0 Å². The predicted octanol–water partition coefficient (Wildman–Crippen LogP) is 7.16. The van der Waals surface area contributed by atoms with E-state index < -0.39 is 0 Å². The summed E-state index contributed by atoms with van der Waals surface area (Å²) in [7, 11) is 0. The maximum Gasteiger partial charge on any atom is 0.119 e. The first-order chi connectivity index (χ1) is 19.4. The second kappa shape index (κ2) is 9.44. The van der Waals surface area contributed by atoms with Crippen LogP contribution in [0.15, 0.2) is 60.7 Å². The lowest BCUT2D eigenvalue weighted by Crippen LogP contribution is -2.12. The van der Waals surface area contributed by atoms with E-state index in [1.165, 1.54) is 0 Å². The van der Waals surface area contributed by atoms with Gasteiger partial charge >= 0.3 is 0 Å². The van der Waals surface area contributed by atoms with Crippen molar-refractivity contribution >= 4 is 22.1 Å². The first-order valence-corrected chi connectivity index (χ1v) is 13.7. The molecule has 0 saturated carbocycles. The number of nitrogens with zero attached hydrogens (tertiary/aromatic N) is 4. The molecule has 0 spiro atoms. The summed E-state index contributed by atoms with van der Waals surface area (Å²) in [6.07, 6.45) is 0.313. The van der Waals surface area contributed by atoms with Gasteiger partial charge in [-0.05, 0) is 80.6 Å². The molecule has 6 rings (SSSR count). The number of aromatic nitrogens is 6. The maximum absolute atomic E-state index is 11.2. The fraction of sp³-hybridized carbons (Fsp3) is 0.273. The Bertz CT molecular complexity index is 1780. The van der Waals surface area contributed by atoms with Crippen LogP contribution in [0.5, 0.6) is 11.5 Å². The topological polar surface area (TPSA) is 124 Å². The molecule has 4 N–H and O–H groups in total. The van der Waals surface area contributed by atoms with Crippen molar-refractivity contribution in [2.24, 2.45) is 0 Å². The lowest BCUT2D eigenvalue weighted by Gasteiger charge is -2.22. The fourth-order valence-electron chi connectivity index (χ4n) is 5.59. The highest BCUT2D eigenvalue weighted by Gasteiger charge is 2.24. The van der Waals surface area contributed by atoms with Crippen molar-refractivity contribution < 1.29 is 10.2 Å². The Morgan fingerprint density at radius 3 is 1.39 bits per heavy atom. The van der Waals surface area contributed by atoms with Crippen molar-refractivity contribution in [2.45, 2.75) is 58.8 Å². The molecule has 2 heterocycles. The Kier molecular flexibility index (Phi) is 6.10. The molecule has 2 aromatic heterocycles. The summed E-state index contributed by atoms with van der Waals surface area (Å²) in [6.45, 7) is 12.9. The molecule has 0 saturated heterocycles. The van der Waals surface area contributed by atoms with Gasteiger partial charge in [0.1, 0.15) is 33.6 Å². The number of aromatic hydroxyl groups is 2. The zero-order chi connectivity index (χ0) is 29.1. The number of phenols is 2. The number of hydrogen-bond donors (Lipinski definition) is 4. The Morgan fingerprint density at radius 2 is 1.00 bits per heavy atom. The third-order valence-electron chi connectivity index (χ3n) is 7.74. The molecule has 0 aliphatic carbocycles. The molecule has 6 aromatic rings. The molecule has 0 atom stereocenters. The average molecular weight is 547 g/mol. The van der Waals surface area contributed by atoms with Gasteiger partial charge in [-0.15, -0.1) is 0 Å². The summed E-state index contributed by atoms with van der Waals surface area (Å²) in [4.78, 5) is 0. The summed E-state index contributed by atoms with van der Waals surface area (Å²) < 4.78 is 0. The normalized spacial score (nSPS) is 12.4. The van der Waals surface area contributed by atoms with Gasteiger partial charge in [-0.1, -0.05) is 65.8 Å². The molecule has 208 valence electrons. The highest BCUT2D eigenvalue weighted by atomic mass is 16.3. The summed E-state index contributed by atoms with van der Waals surface area (Å²) >= 11 is 0. The summed E-state index contributed by atoms with van der Waals surface area (Å²) in [5, 5.41) is 45.5. The van der Waals surface area contributed by atoms with E-state index >= 15 is 0 Å². The smallest absolute Gasteiger partial charge is 0.119 e. The summed E-state index contributed by atoms with van der Waals surface area (Å²) in [5.74, 6) is 0.327. The second-order valence-corrected chi connectivity index (χ2v) is 12.7. The van der Waals surface area contributed by atoms with Crippen LogP contribution in [0.4, 0.5) is 0 Å². The number of phenolic OH excluding ortho intramolecular Hbond substituents is 2. The van der Waals surface area contributed by atoms with Crippen LogP contribution in [-0.4, -0.2) is 41.0 Å². The van der Waals surface area contributed by atoms with Gasteiger partial charge in [-0.2, -0.15) is 30.8 Å². The number of nitrogens with one attached hydrogen (secondary N) is 2. The minimum Gasteiger partial charge on any atom is -0.508 e. The van der Waals surface area contributed by atoms with Crippen LogP contribution in [0.1, 0.15) is 63.8 Å². The molecule has 0 bridgehead atoms. The van der Waals surface area contributed by atoms with E-state index in [9.17, 15) is 10.2 Å². The van der Waals surface area contributed by atoms with E-state index in [4.69, 9.17) is 0 Å². The minimum absolute atomic E-state index is 0.164. The van der Waals surface area contributed by atoms with Crippen molar-refractivity contribution in [1.82, 2.24) is 30.8 Å². The third kappa shape index (κ3) is 4.69. The average Bonchev–Trinajstić information content (AvgIpc) is 3.58. The third-order valence-corrected chi connectivity index (χ3v) is 7.74. The lowest BCUT2D eigenvalue weighted by atomic mass is 9.82. The van der Waals surface area contributed by atoms with Gasteiger partial charge < -0.3 is 10.2 Å². The van der Waals surface area contributed by atoms with Gasteiger partial charge in [-0.25, -0.2) is 0 Å². The predicted molar refractivity (Wildman–Crippen MR) is 162 cm³/mol. The molecule has 41 heavy (non-hydrogen) atoms. The molecule has 0 aliphatic heterocycles. The monoisotopic (exact) mass is 546 g/mol. The molecule has 0 aliphatic rings. The summed E-state index contributed by atoms with van der Waals surface area (Å²) in [6, 6.07) is 19.3. The molecule has 8 heteroatoms. The first kappa shape index (κ1) is 26.5. The Labute approximate surface area is 238 Å². The Balaban J connectivity index is 1.53.